The fourth-order valence-electron chi connectivity index (χ4n) is 3.18. The Labute approximate surface area is 144 Å². The van der Waals surface area contributed by atoms with E-state index in [0.29, 0.717) is 23.9 Å². The summed E-state index contributed by atoms with van der Waals surface area (Å²) >= 11 is 0. The molecule has 2 aromatic carbocycles. The fraction of sp³-hybridized carbons (Fsp3) is 0.412. The number of hydrogen-bond donors (Lipinski definition) is 1. The number of sulfonamides is 1. The minimum absolute atomic E-state index is 0. The van der Waals surface area contributed by atoms with Gasteiger partial charge in [0.15, 0.2) is 0 Å². The first-order valence-electron chi connectivity index (χ1n) is 7.75. The van der Waals surface area contributed by atoms with Gasteiger partial charge in [-0.1, -0.05) is 30.3 Å². The molecule has 0 bridgehead atoms. The average Bonchev–Trinajstić information content (AvgIpc) is 2.55. The number of fused-ring (bicyclic) bond motifs is 1. The van der Waals surface area contributed by atoms with Crippen molar-refractivity contribution in [1.82, 2.24) is 9.62 Å². The van der Waals surface area contributed by atoms with Crippen molar-refractivity contribution in [2.45, 2.75) is 17.7 Å². The summed E-state index contributed by atoms with van der Waals surface area (Å²) in [5, 5.41) is 5.18. The number of nitrogens with one attached hydrogen (secondary N) is 1. The Balaban J connectivity index is 0.00000192. The summed E-state index contributed by atoms with van der Waals surface area (Å²) in [5.74, 6) is 0.397. The molecule has 0 spiro atoms. The van der Waals surface area contributed by atoms with E-state index in [0.717, 1.165) is 30.2 Å². The minimum atomic E-state index is -3.40. The zero-order valence-corrected chi connectivity index (χ0v) is 14.9. The van der Waals surface area contributed by atoms with Crippen LogP contribution in [0.15, 0.2) is 47.4 Å². The van der Waals surface area contributed by atoms with Crippen molar-refractivity contribution in [1.29, 1.82) is 0 Å². The number of benzene rings is 2. The van der Waals surface area contributed by atoms with E-state index in [1.807, 2.05) is 37.4 Å². The van der Waals surface area contributed by atoms with Gasteiger partial charge in [0.25, 0.3) is 0 Å². The molecule has 3 rings (SSSR count). The fourth-order valence-corrected chi connectivity index (χ4v) is 4.77. The van der Waals surface area contributed by atoms with Crippen molar-refractivity contribution in [3.05, 3.63) is 42.5 Å². The highest BCUT2D eigenvalue weighted by Gasteiger charge is 2.29. The Morgan fingerprint density at radius 2 is 1.91 bits per heavy atom. The van der Waals surface area contributed by atoms with Crippen LogP contribution in [-0.2, 0) is 10.0 Å². The smallest absolute Gasteiger partial charge is 0.243 e. The van der Waals surface area contributed by atoms with Crippen molar-refractivity contribution >= 4 is 33.2 Å². The van der Waals surface area contributed by atoms with Crippen molar-refractivity contribution in [2.75, 3.05) is 26.7 Å². The summed E-state index contributed by atoms with van der Waals surface area (Å²) in [6.45, 7) is 2.09. The second-order valence-corrected chi connectivity index (χ2v) is 7.88. The van der Waals surface area contributed by atoms with Crippen LogP contribution >= 0.6 is 12.4 Å². The van der Waals surface area contributed by atoms with E-state index in [1.165, 1.54) is 0 Å². The maximum atomic E-state index is 12.9. The molecule has 2 aromatic rings. The van der Waals surface area contributed by atoms with Crippen LogP contribution in [0.25, 0.3) is 10.8 Å². The van der Waals surface area contributed by atoms with E-state index in [4.69, 9.17) is 0 Å². The van der Waals surface area contributed by atoms with Crippen LogP contribution in [0.3, 0.4) is 0 Å². The van der Waals surface area contributed by atoms with E-state index in [2.05, 4.69) is 5.32 Å². The summed E-state index contributed by atoms with van der Waals surface area (Å²) in [6.07, 6.45) is 2.02. The molecule has 0 radical (unpaired) electrons. The Hall–Kier alpha value is -1.14. The van der Waals surface area contributed by atoms with Crippen LogP contribution in [0.2, 0.25) is 0 Å². The molecular formula is C17H23ClN2O2S. The Morgan fingerprint density at radius 3 is 2.65 bits per heavy atom. The van der Waals surface area contributed by atoms with Gasteiger partial charge in [-0.15, -0.1) is 12.4 Å². The van der Waals surface area contributed by atoms with E-state index in [-0.39, 0.29) is 12.4 Å². The van der Waals surface area contributed by atoms with Gasteiger partial charge in [0.2, 0.25) is 10.0 Å². The first-order chi connectivity index (χ1) is 10.6. The Morgan fingerprint density at radius 1 is 1.17 bits per heavy atom. The molecule has 4 nitrogen and oxygen atoms in total. The van der Waals surface area contributed by atoms with Crippen LogP contribution in [0.1, 0.15) is 12.8 Å². The van der Waals surface area contributed by atoms with Gasteiger partial charge in [-0.3, -0.25) is 0 Å². The maximum Gasteiger partial charge on any atom is 0.243 e. The molecule has 6 heteroatoms. The van der Waals surface area contributed by atoms with Gasteiger partial charge in [-0.2, -0.15) is 4.31 Å². The third-order valence-electron chi connectivity index (χ3n) is 4.33. The van der Waals surface area contributed by atoms with Gasteiger partial charge < -0.3 is 5.32 Å². The number of nitrogens with zero attached hydrogens (tertiary/aromatic N) is 1. The lowest BCUT2D eigenvalue weighted by atomic mass is 10.00. The highest BCUT2D eigenvalue weighted by molar-refractivity contribution is 7.89. The summed E-state index contributed by atoms with van der Waals surface area (Å²) < 4.78 is 27.4. The Kier molecular flexibility index (Phi) is 6.03. The predicted octanol–water partition coefficient (Wildman–Crippen LogP) is 2.88. The summed E-state index contributed by atoms with van der Waals surface area (Å²) in [4.78, 5) is 0.399. The topological polar surface area (TPSA) is 49.4 Å². The van der Waals surface area contributed by atoms with Crippen LogP contribution in [0.4, 0.5) is 0 Å². The highest BCUT2D eigenvalue weighted by Crippen LogP contribution is 2.25. The van der Waals surface area contributed by atoms with Gasteiger partial charge in [0.05, 0.1) is 4.90 Å². The molecule has 0 amide bonds. The van der Waals surface area contributed by atoms with Gasteiger partial charge in [0.1, 0.15) is 0 Å². The first kappa shape index (κ1) is 18.2. The lowest BCUT2D eigenvalue weighted by Gasteiger charge is -2.31. The van der Waals surface area contributed by atoms with E-state index >= 15 is 0 Å². The van der Waals surface area contributed by atoms with Crippen LogP contribution in [0, 0.1) is 5.92 Å². The lowest BCUT2D eigenvalue weighted by Crippen LogP contribution is -2.42. The summed E-state index contributed by atoms with van der Waals surface area (Å²) in [6, 6.07) is 13.2. The SMILES string of the molecule is CNCC1CCCN(S(=O)(=O)c2ccc3ccccc3c2)C1.Cl. The molecule has 1 heterocycles. The van der Waals surface area contributed by atoms with E-state index < -0.39 is 10.0 Å². The molecule has 1 unspecified atom stereocenters. The Bertz CT molecular complexity index is 762. The van der Waals surface area contributed by atoms with Gasteiger partial charge in [-0.05, 0) is 55.3 Å². The number of hydrogen-bond acceptors (Lipinski definition) is 3. The van der Waals surface area contributed by atoms with E-state index in [1.54, 1.807) is 16.4 Å². The molecule has 1 aliphatic rings. The van der Waals surface area contributed by atoms with E-state index in [9.17, 15) is 8.42 Å². The zero-order chi connectivity index (χ0) is 15.6. The van der Waals surface area contributed by atoms with Crippen molar-refractivity contribution in [3.8, 4) is 0 Å². The van der Waals surface area contributed by atoms with Gasteiger partial charge in [0, 0.05) is 13.1 Å². The summed E-state index contributed by atoms with van der Waals surface area (Å²) in [7, 11) is -1.49. The molecule has 0 saturated carbocycles. The maximum absolute atomic E-state index is 12.9. The molecule has 1 fully saturated rings. The van der Waals surface area contributed by atoms with Crippen molar-refractivity contribution in [2.24, 2.45) is 5.92 Å². The monoisotopic (exact) mass is 354 g/mol. The largest absolute Gasteiger partial charge is 0.319 e. The molecule has 0 aromatic heterocycles. The van der Waals surface area contributed by atoms with Crippen molar-refractivity contribution < 1.29 is 8.42 Å². The highest BCUT2D eigenvalue weighted by atomic mass is 35.5. The number of piperidine rings is 1. The molecule has 1 saturated heterocycles. The molecule has 1 aliphatic heterocycles. The first-order valence-corrected chi connectivity index (χ1v) is 9.19. The summed E-state index contributed by atoms with van der Waals surface area (Å²) in [5.41, 5.74) is 0. The predicted molar refractivity (Wildman–Crippen MR) is 96.6 cm³/mol. The second-order valence-electron chi connectivity index (χ2n) is 5.94. The second kappa shape index (κ2) is 7.62. The third-order valence-corrected chi connectivity index (χ3v) is 6.19. The minimum Gasteiger partial charge on any atom is -0.319 e. The van der Waals surface area contributed by atoms with Crippen LogP contribution in [0.5, 0.6) is 0 Å². The molecule has 0 aliphatic carbocycles. The lowest BCUT2D eigenvalue weighted by molar-refractivity contribution is 0.263. The molecule has 1 N–H and O–H groups in total. The number of rotatable bonds is 4. The van der Waals surface area contributed by atoms with Gasteiger partial charge in [-0.25, -0.2) is 8.42 Å². The molecular weight excluding hydrogens is 332 g/mol. The quantitative estimate of drug-likeness (QED) is 0.918. The zero-order valence-electron chi connectivity index (χ0n) is 13.2. The standard InChI is InChI=1S/C17H22N2O2S.ClH/c1-18-12-14-5-4-10-19(13-14)22(20,21)17-9-8-15-6-2-3-7-16(15)11-17;/h2-3,6-9,11,14,18H,4-5,10,12-13H2,1H3;1H. The normalized spacial score (nSPS) is 19.4. The average molecular weight is 355 g/mol. The molecule has 126 valence electrons. The third kappa shape index (κ3) is 3.86. The van der Waals surface area contributed by atoms with Crippen LogP contribution in [-0.4, -0.2) is 39.4 Å². The molecule has 1 atom stereocenters. The van der Waals surface area contributed by atoms with Crippen LogP contribution < -0.4 is 5.32 Å². The van der Waals surface area contributed by atoms with Gasteiger partial charge >= 0.3 is 0 Å². The van der Waals surface area contributed by atoms with Crippen molar-refractivity contribution in [3.63, 3.8) is 0 Å². The number of halogens is 1. The molecule has 23 heavy (non-hydrogen) atoms.